The van der Waals surface area contributed by atoms with Crippen LogP contribution >= 0.6 is 0 Å². The highest BCUT2D eigenvalue weighted by Crippen LogP contribution is 2.24. The first-order valence-electron chi connectivity index (χ1n) is 7.47. The number of rotatable bonds is 4. The zero-order valence-corrected chi connectivity index (χ0v) is 12.3. The fourth-order valence-corrected chi connectivity index (χ4v) is 2.92. The maximum absolute atomic E-state index is 14.8. The number of benzene rings is 1. The number of fused-ring (bicyclic) bond motifs is 1. The number of ether oxygens (including phenoxy) is 1. The molecular formula is C17H21FN2O. The van der Waals surface area contributed by atoms with Crippen LogP contribution in [-0.4, -0.2) is 36.5 Å². The second-order valence-electron chi connectivity index (χ2n) is 6.02. The van der Waals surface area contributed by atoms with E-state index in [-0.39, 0.29) is 6.04 Å². The third-order valence-corrected chi connectivity index (χ3v) is 3.88. The minimum Gasteiger partial charge on any atom is -0.379 e. The van der Waals surface area contributed by atoms with Crippen molar-refractivity contribution in [2.45, 2.75) is 31.5 Å². The van der Waals surface area contributed by atoms with Gasteiger partial charge in [-0.05, 0) is 25.5 Å². The van der Waals surface area contributed by atoms with Crippen molar-refractivity contribution >= 4 is 10.9 Å². The molecule has 0 bridgehead atoms. The maximum Gasteiger partial charge on any atom is 0.115 e. The molecule has 3 nitrogen and oxygen atoms in total. The summed E-state index contributed by atoms with van der Waals surface area (Å²) in [6.07, 6.45) is 0.775. The summed E-state index contributed by atoms with van der Waals surface area (Å²) in [6.45, 7) is 3.76. The van der Waals surface area contributed by atoms with Gasteiger partial charge in [0.15, 0.2) is 0 Å². The van der Waals surface area contributed by atoms with Crippen LogP contribution in [0.2, 0.25) is 0 Å². The van der Waals surface area contributed by atoms with Gasteiger partial charge in [0.05, 0.1) is 18.7 Å². The molecule has 0 amide bonds. The fourth-order valence-electron chi connectivity index (χ4n) is 2.92. The standard InChI is InChI=1S/C17H21FN2O/c1-17(18,11-15-12-21-9-8-19-15)10-14-7-6-13-4-2-3-5-16(13)20-14/h2-7,15,19H,8-12H2,1H3. The van der Waals surface area contributed by atoms with Gasteiger partial charge in [-0.1, -0.05) is 24.3 Å². The van der Waals surface area contributed by atoms with Crippen molar-refractivity contribution in [2.75, 3.05) is 19.8 Å². The lowest BCUT2D eigenvalue weighted by molar-refractivity contribution is 0.0481. The van der Waals surface area contributed by atoms with E-state index in [4.69, 9.17) is 4.74 Å². The Kier molecular flexibility index (Phi) is 4.17. The molecule has 2 unspecified atom stereocenters. The van der Waals surface area contributed by atoms with Crippen molar-refractivity contribution in [3.8, 4) is 0 Å². The van der Waals surface area contributed by atoms with E-state index in [1.807, 2.05) is 36.4 Å². The highest BCUT2D eigenvalue weighted by Gasteiger charge is 2.29. The molecule has 2 atom stereocenters. The van der Waals surface area contributed by atoms with E-state index in [9.17, 15) is 4.39 Å². The van der Waals surface area contributed by atoms with Gasteiger partial charge >= 0.3 is 0 Å². The first-order valence-corrected chi connectivity index (χ1v) is 7.47. The minimum absolute atomic E-state index is 0.0919. The van der Waals surface area contributed by atoms with Crippen molar-refractivity contribution in [2.24, 2.45) is 0 Å². The Morgan fingerprint density at radius 2 is 2.19 bits per heavy atom. The number of hydrogen-bond acceptors (Lipinski definition) is 3. The van der Waals surface area contributed by atoms with Gasteiger partial charge in [-0.25, -0.2) is 4.39 Å². The van der Waals surface area contributed by atoms with Crippen LogP contribution in [0.3, 0.4) is 0 Å². The number of nitrogens with one attached hydrogen (secondary N) is 1. The number of halogens is 1. The average molecular weight is 288 g/mol. The van der Waals surface area contributed by atoms with Gasteiger partial charge < -0.3 is 10.1 Å². The Balaban J connectivity index is 1.70. The highest BCUT2D eigenvalue weighted by atomic mass is 19.1. The summed E-state index contributed by atoms with van der Waals surface area (Å²) < 4.78 is 20.2. The molecule has 1 aliphatic rings. The number of para-hydroxylation sites is 1. The molecule has 1 aliphatic heterocycles. The topological polar surface area (TPSA) is 34.1 Å². The van der Waals surface area contributed by atoms with Crippen LogP contribution in [0.15, 0.2) is 36.4 Å². The van der Waals surface area contributed by atoms with E-state index in [1.54, 1.807) is 6.92 Å². The van der Waals surface area contributed by atoms with Crippen LogP contribution in [0.5, 0.6) is 0 Å². The fraction of sp³-hybridized carbons (Fsp3) is 0.471. The van der Waals surface area contributed by atoms with Gasteiger partial charge in [-0.2, -0.15) is 0 Å². The summed E-state index contributed by atoms with van der Waals surface area (Å²) in [5.74, 6) is 0. The average Bonchev–Trinajstić information content (AvgIpc) is 2.47. The molecule has 0 aliphatic carbocycles. The van der Waals surface area contributed by atoms with Crippen molar-refractivity contribution < 1.29 is 9.13 Å². The smallest absolute Gasteiger partial charge is 0.115 e. The SMILES string of the molecule is CC(F)(Cc1ccc2ccccc2n1)CC1COCCN1. The molecular weight excluding hydrogens is 267 g/mol. The Hall–Kier alpha value is -1.52. The molecule has 0 radical (unpaired) electrons. The third kappa shape index (κ3) is 3.77. The maximum atomic E-state index is 14.8. The van der Waals surface area contributed by atoms with Crippen LogP contribution in [0.1, 0.15) is 19.0 Å². The number of alkyl halides is 1. The van der Waals surface area contributed by atoms with E-state index in [0.717, 1.165) is 23.1 Å². The Bertz CT molecular complexity index is 609. The van der Waals surface area contributed by atoms with Gasteiger partial charge in [0.25, 0.3) is 0 Å². The summed E-state index contributed by atoms with van der Waals surface area (Å²) >= 11 is 0. The Labute approximate surface area is 124 Å². The molecule has 1 fully saturated rings. The predicted octanol–water partition coefficient (Wildman–Crippen LogP) is 2.88. The molecule has 3 rings (SSSR count). The van der Waals surface area contributed by atoms with Gasteiger partial charge in [0.2, 0.25) is 0 Å². The first kappa shape index (κ1) is 14.4. The lowest BCUT2D eigenvalue weighted by Gasteiger charge is -2.29. The second kappa shape index (κ2) is 6.08. The molecule has 2 aromatic rings. The quantitative estimate of drug-likeness (QED) is 0.939. The molecule has 1 saturated heterocycles. The minimum atomic E-state index is -1.28. The molecule has 1 N–H and O–H groups in total. The van der Waals surface area contributed by atoms with Gasteiger partial charge in [0.1, 0.15) is 5.67 Å². The number of nitrogens with zero attached hydrogens (tertiary/aromatic N) is 1. The number of pyridine rings is 1. The zero-order chi connectivity index (χ0) is 14.7. The van der Waals surface area contributed by atoms with Crippen molar-refractivity contribution in [3.63, 3.8) is 0 Å². The van der Waals surface area contributed by atoms with Crippen molar-refractivity contribution in [1.82, 2.24) is 10.3 Å². The van der Waals surface area contributed by atoms with E-state index in [2.05, 4.69) is 10.3 Å². The van der Waals surface area contributed by atoms with Crippen LogP contribution in [0.4, 0.5) is 4.39 Å². The van der Waals surface area contributed by atoms with Crippen LogP contribution in [0, 0.1) is 0 Å². The largest absolute Gasteiger partial charge is 0.379 e. The van der Waals surface area contributed by atoms with E-state index >= 15 is 0 Å². The Morgan fingerprint density at radius 1 is 1.33 bits per heavy atom. The van der Waals surface area contributed by atoms with Gasteiger partial charge in [-0.3, -0.25) is 4.98 Å². The molecule has 2 heterocycles. The summed E-state index contributed by atoms with van der Waals surface area (Å²) in [5, 5.41) is 4.39. The van der Waals surface area contributed by atoms with Gasteiger partial charge in [-0.15, -0.1) is 0 Å². The molecule has 1 aromatic heterocycles. The molecule has 1 aromatic carbocycles. The summed E-state index contributed by atoms with van der Waals surface area (Å²) in [6, 6.07) is 11.9. The Morgan fingerprint density at radius 3 is 3.00 bits per heavy atom. The molecule has 4 heteroatoms. The predicted molar refractivity (Wildman–Crippen MR) is 82.2 cm³/mol. The summed E-state index contributed by atoms with van der Waals surface area (Å²) in [5.41, 5.74) is 0.439. The van der Waals surface area contributed by atoms with Crippen molar-refractivity contribution in [1.29, 1.82) is 0 Å². The number of aromatic nitrogens is 1. The number of hydrogen-bond donors (Lipinski definition) is 1. The molecule has 112 valence electrons. The van der Waals surface area contributed by atoms with E-state index in [0.29, 0.717) is 26.1 Å². The van der Waals surface area contributed by atoms with Crippen LogP contribution < -0.4 is 5.32 Å². The highest BCUT2D eigenvalue weighted by molar-refractivity contribution is 5.78. The first-order chi connectivity index (χ1) is 10.1. The summed E-state index contributed by atoms with van der Waals surface area (Å²) in [4.78, 5) is 4.56. The van der Waals surface area contributed by atoms with E-state index < -0.39 is 5.67 Å². The van der Waals surface area contributed by atoms with Crippen LogP contribution in [0.25, 0.3) is 10.9 Å². The lowest BCUT2D eigenvalue weighted by Crippen LogP contribution is -2.45. The molecule has 0 saturated carbocycles. The van der Waals surface area contributed by atoms with Crippen LogP contribution in [-0.2, 0) is 11.2 Å². The van der Waals surface area contributed by atoms with Crippen molar-refractivity contribution in [3.05, 3.63) is 42.1 Å². The number of morpholine rings is 1. The van der Waals surface area contributed by atoms with E-state index in [1.165, 1.54) is 0 Å². The monoisotopic (exact) mass is 288 g/mol. The lowest BCUT2D eigenvalue weighted by atomic mass is 9.93. The zero-order valence-electron chi connectivity index (χ0n) is 12.3. The van der Waals surface area contributed by atoms with Gasteiger partial charge in [0, 0.05) is 30.1 Å². The molecule has 0 spiro atoms. The molecule has 21 heavy (non-hydrogen) atoms. The normalized spacial score (nSPS) is 22.1. The second-order valence-corrected chi connectivity index (χ2v) is 6.02. The summed E-state index contributed by atoms with van der Waals surface area (Å²) in [7, 11) is 0. The third-order valence-electron chi connectivity index (χ3n) is 3.88.